The molecule has 0 aromatic heterocycles. The Morgan fingerprint density at radius 2 is 2.15 bits per heavy atom. The van der Waals surface area contributed by atoms with E-state index in [4.69, 9.17) is 0 Å². The lowest BCUT2D eigenvalue weighted by Gasteiger charge is -2.01. The highest BCUT2D eigenvalue weighted by Crippen LogP contribution is 2.11. The van der Waals surface area contributed by atoms with Crippen molar-refractivity contribution in [1.29, 1.82) is 0 Å². The summed E-state index contributed by atoms with van der Waals surface area (Å²) in [5, 5.41) is 0. The van der Waals surface area contributed by atoms with E-state index in [1.54, 1.807) is 6.07 Å². The summed E-state index contributed by atoms with van der Waals surface area (Å²) in [7, 11) is 0. The lowest BCUT2D eigenvalue weighted by atomic mass is 10.1. The molecule has 0 aliphatic heterocycles. The minimum absolute atomic E-state index is 0.0792. The highest BCUT2D eigenvalue weighted by Gasteiger charge is 1.99. The molecule has 13 heavy (non-hydrogen) atoms. The van der Waals surface area contributed by atoms with Crippen molar-refractivity contribution in [3.05, 3.63) is 47.3 Å². The van der Waals surface area contributed by atoms with E-state index in [0.29, 0.717) is 0 Å². The summed E-state index contributed by atoms with van der Waals surface area (Å²) in [6.45, 7) is 3.88. The first-order chi connectivity index (χ1) is 6.24. The maximum Gasteiger partial charge on any atom is 0.126 e. The molecule has 0 saturated heterocycles. The molecule has 0 saturated carbocycles. The summed E-state index contributed by atoms with van der Waals surface area (Å²) in [6.07, 6.45) is 5.75. The van der Waals surface area contributed by atoms with Crippen molar-refractivity contribution in [2.45, 2.75) is 26.7 Å². The standard InChI is InChI=1S/C12H15F/c1-3-4-5-6-11-8-7-10(2)9-12(11)13/h3-4,7-9H,5-6H2,1-2H3/b4-3+. The lowest BCUT2D eigenvalue weighted by Crippen LogP contribution is -1.90. The molecule has 0 heterocycles. The van der Waals surface area contributed by atoms with Crippen molar-refractivity contribution < 1.29 is 4.39 Å². The normalized spacial score (nSPS) is 11.0. The number of rotatable bonds is 3. The number of halogens is 1. The van der Waals surface area contributed by atoms with E-state index in [1.165, 1.54) is 0 Å². The number of allylic oxidation sites excluding steroid dienone is 2. The van der Waals surface area contributed by atoms with Crippen molar-refractivity contribution in [3.63, 3.8) is 0 Å². The van der Waals surface area contributed by atoms with Crippen molar-refractivity contribution >= 4 is 0 Å². The van der Waals surface area contributed by atoms with Crippen LogP contribution in [0.4, 0.5) is 4.39 Å². The Balaban J connectivity index is 2.66. The zero-order valence-corrected chi connectivity index (χ0v) is 8.18. The van der Waals surface area contributed by atoms with Crippen LogP contribution < -0.4 is 0 Å². The van der Waals surface area contributed by atoms with Gasteiger partial charge in [0, 0.05) is 0 Å². The van der Waals surface area contributed by atoms with E-state index in [-0.39, 0.29) is 5.82 Å². The molecule has 0 unspecified atom stereocenters. The van der Waals surface area contributed by atoms with Crippen LogP contribution in [0.25, 0.3) is 0 Å². The quantitative estimate of drug-likeness (QED) is 0.620. The first-order valence-electron chi connectivity index (χ1n) is 4.60. The fourth-order valence-corrected chi connectivity index (χ4v) is 1.26. The van der Waals surface area contributed by atoms with Crippen molar-refractivity contribution in [1.82, 2.24) is 0 Å². The highest BCUT2D eigenvalue weighted by atomic mass is 19.1. The first kappa shape index (κ1) is 9.97. The van der Waals surface area contributed by atoms with Gasteiger partial charge < -0.3 is 0 Å². The van der Waals surface area contributed by atoms with Gasteiger partial charge in [0.2, 0.25) is 0 Å². The van der Waals surface area contributed by atoms with Gasteiger partial charge in [0.05, 0.1) is 0 Å². The van der Waals surface area contributed by atoms with Gasteiger partial charge in [0.25, 0.3) is 0 Å². The SMILES string of the molecule is C/C=C/CCc1ccc(C)cc1F. The molecular formula is C12H15F. The van der Waals surface area contributed by atoms with Crippen LogP contribution in [0.5, 0.6) is 0 Å². The topological polar surface area (TPSA) is 0 Å². The minimum atomic E-state index is -0.0792. The second-order valence-corrected chi connectivity index (χ2v) is 3.20. The Morgan fingerprint density at radius 3 is 2.77 bits per heavy atom. The number of aryl methyl sites for hydroxylation is 2. The summed E-state index contributed by atoms with van der Waals surface area (Å²) in [6, 6.07) is 5.41. The van der Waals surface area contributed by atoms with Gasteiger partial charge in [0.15, 0.2) is 0 Å². The van der Waals surface area contributed by atoms with Crippen LogP contribution >= 0.6 is 0 Å². The van der Waals surface area contributed by atoms with E-state index in [2.05, 4.69) is 6.08 Å². The molecule has 0 spiro atoms. The van der Waals surface area contributed by atoms with Gasteiger partial charge in [0.1, 0.15) is 5.82 Å². The summed E-state index contributed by atoms with van der Waals surface area (Å²) < 4.78 is 13.3. The highest BCUT2D eigenvalue weighted by molar-refractivity contribution is 5.23. The molecule has 0 nitrogen and oxygen atoms in total. The van der Waals surface area contributed by atoms with E-state index in [1.807, 2.05) is 32.1 Å². The summed E-state index contributed by atoms with van der Waals surface area (Å²) in [5.74, 6) is -0.0792. The first-order valence-corrected chi connectivity index (χ1v) is 4.60. The average molecular weight is 178 g/mol. The Kier molecular flexibility index (Phi) is 3.69. The zero-order valence-electron chi connectivity index (χ0n) is 8.18. The van der Waals surface area contributed by atoms with Crippen LogP contribution in [0.2, 0.25) is 0 Å². The van der Waals surface area contributed by atoms with Gasteiger partial charge in [-0.15, -0.1) is 0 Å². The second-order valence-electron chi connectivity index (χ2n) is 3.20. The van der Waals surface area contributed by atoms with Crippen LogP contribution in [-0.2, 0) is 6.42 Å². The molecule has 0 radical (unpaired) electrons. The molecular weight excluding hydrogens is 163 g/mol. The van der Waals surface area contributed by atoms with Gasteiger partial charge in [-0.25, -0.2) is 4.39 Å². The summed E-state index contributed by atoms with van der Waals surface area (Å²) in [5.41, 5.74) is 1.79. The van der Waals surface area contributed by atoms with Crippen molar-refractivity contribution in [2.75, 3.05) is 0 Å². The van der Waals surface area contributed by atoms with Crippen LogP contribution in [0.1, 0.15) is 24.5 Å². The number of hydrogen-bond acceptors (Lipinski definition) is 0. The lowest BCUT2D eigenvalue weighted by molar-refractivity contribution is 0.608. The molecule has 0 aliphatic carbocycles. The van der Waals surface area contributed by atoms with E-state index in [0.717, 1.165) is 24.0 Å². The molecule has 0 amide bonds. The Labute approximate surface area is 79.1 Å². The fourth-order valence-electron chi connectivity index (χ4n) is 1.26. The minimum Gasteiger partial charge on any atom is -0.207 e. The molecule has 1 aromatic carbocycles. The van der Waals surface area contributed by atoms with E-state index in [9.17, 15) is 4.39 Å². The third-order valence-electron chi connectivity index (χ3n) is 2.02. The molecule has 0 atom stereocenters. The molecule has 0 aliphatic rings. The van der Waals surface area contributed by atoms with E-state index >= 15 is 0 Å². The molecule has 0 bridgehead atoms. The molecule has 1 aromatic rings. The monoisotopic (exact) mass is 178 g/mol. The van der Waals surface area contributed by atoms with Crippen LogP contribution in [0.3, 0.4) is 0 Å². The van der Waals surface area contributed by atoms with Gasteiger partial charge >= 0.3 is 0 Å². The van der Waals surface area contributed by atoms with Gasteiger partial charge in [-0.2, -0.15) is 0 Å². The van der Waals surface area contributed by atoms with Gasteiger partial charge in [-0.05, 0) is 43.9 Å². The van der Waals surface area contributed by atoms with Gasteiger partial charge in [-0.3, -0.25) is 0 Å². The zero-order chi connectivity index (χ0) is 9.68. The van der Waals surface area contributed by atoms with Crippen LogP contribution in [0.15, 0.2) is 30.4 Å². The Bertz CT molecular complexity index is 300. The molecule has 1 heteroatoms. The molecule has 0 N–H and O–H groups in total. The Morgan fingerprint density at radius 1 is 1.38 bits per heavy atom. The average Bonchev–Trinajstić information content (AvgIpc) is 2.09. The van der Waals surface area contributed by atoms with Crippen molar-refractivity contribution in [2.24, 2.45) is 0 Å². The van der Waals surface area contributed by atoms with E-state index < -0.39 is 0 Å². The van der Waals surface area contributed by atoms with Crippen LogP contribution in [0, 0.1) is 12.7 Å². The number of benzene rings is 1. The third kappa shape index (κ3) is 3.02. The Hall–Kier alpha value is -1.11. The predicted octanol–water partition coefficient (Wildman–Crippen LogP) is 3.64. The summed E-state index contributed by atoms with van der Waals surface area (Å²) in [4.78, 5) is 0. The smallest absolute Gasteiger partial charge is 0.126 e. The van der Waals surface area contributed by atoms with Gasteiger partial charge in [-0.1, -0.05) is 24.3 Å². The van der Waals surface area contributed by atoms with Crippen molar-refractivity contribution in [3.8, 4) is 0 Å². The predicted molar refractivity (Wildman–Crippen MR) is 54.3 cm³/mol. The largest absolute Gasteiger partial charge is 0.207 e. The second kappa shape index (κ2) is 4.80. The summed E-state index contributed by atoms with van der Waals surface area (Å²) >= 11 is 0. The maximum absolute atomic E-state index is 13.3. The molecule has 70 valence electrons. The fraction of sp³-hybridized carbons (Fsp3) is 0.333. The maximum atomic E-state index is 13.3. The molecule has 0 fully saturated rings. The van der Waals surface area contributed by atoms with Crippen LogP contribution in [-0.4, -0.2) is 0 Å². The molecule has 1 rings (SSSR count). The number of hydrogen-bond donors (Lipinski definition) is 0. The third-order valence-corrected chi connectivity index (χ3v) is 2.02.